The molecule has 0 spiro atoms. The Hall–Kier alpha value is -2.36. The first-order valence-electron chi connectivity index (χ1n) is 8.32. The van der Waals surface area contributed by atoms with E-state index in [2.05, 4.69) is 41.8 Å². The van der Waals surface area contributed by atoms with Crippen molar-refractivity contribution >= 4 is 34.0 Å². The molecule has 0 aliphatic carbocycles. The van der Waals surface area contributed by atoms with Gasteiger partial charge in [0.05, 0.1) is 6.54 Å². The monoisotopic (exact) mass is 352 g/mol. The van der Waals surface area contributed by atoms with Gasteiger partial charge < -0.3 is 10.6 Å². The van der Waals surface area contributed by atoms with Crippen LogP contribution in [0.25, 0.3) is 10.8 Å². The molecule has 3 rings (SSSR count). The number of amides is 1. The Balaban J connectivity index is 1.66. The number of hydrogen-bond donors (Lipinski definition) is 2. The van der Waals surface area contributed by atoms with Crippen molar-refractivity contribution in [3.8, 4) is 0 Å². The summed E-state index contributed by atoms with van der Waals surface area (Å²) in [4.78, 5) is 12.3. The van der Waals surface area contributed by atoms with E-state index in [1.54, 1.807) is 0 Å². The van der Waals surface area contributed by atoms with Crippen molar-refractivity contribution in [2.75, 3.05) is 11.9 Å². The molecule has 3 aromatic rings. The quantitative estimate of drug-likeness (QED) is 0.671. The molecule has 25 heavy (non-hydrogen) atoms. The smallest absolute Gasteiger partial charge is 0.238 e. The fraction of sp³-hybridized carbons (Fsp3) is 0.190. The summed E-state index contributed by atoms with van der Waals surface area (Å²) in [5.41, 5.74) is 2.81. The van der Waals surface area contributed by atoms with E-state index in [-0.39, 0.29) is 18.5 Å². The average Bonchev–Trinajstić information content (AvgIpc) is 2.63. The minimum atomic E-state index is -0.0857. The van der Waals surface area contributed by atoms with Crippen LogP contribution < -0.4 is 10.6 Å². The third-order valence-corrected chi connectivity index (χ3v) is 4.81. The molecule has 0 unspecified atom stereocenters. The van der Waals surface area contributed by atoms with E-state index < -0.39 is 0 Å². The van der Waals surface area contributed by atoms with Crippen molar-refractivity contribution in [3.63, 3.8) is 0 Å². The highest BCUT2D eigenvalue weighted by molar-refractivity contribution is 6.31. The molecule has 0 radical (unpaired) electrons. The predicted molar refractivity (Wildman–Crippen MR) is 105 cm³/mol. The summed E-state index contributed by atoms with van der Waals surface area (Å²) in [7, 11) is 0. The molecule has 0 saturated heterocycles. The van der Waals surface area contributed by atoms with E-state index in [1.807, 2.05) is 43.3 Å². The van der Waals surface area contributed by atoms with Gasteiger partial charge in [0.15, 0.2) is 0 Å². The second-order valence-electron chi connectivity index (χ2n) is 6.13. The molecule has 0 fully saturated rings. The van der Waals surface area contributed by atoms with E-state index in [9.17, 15) is 4.79 Å². The minimum absolute atomic E-state index is 0.0670. The molecular weight excluding hydrogens is 332 g/mol. The zero-order valence-corrected chi connectivity index (χ0v) is 15.1. The van der Waals surface area contributed by atoms with Crippen LogP contribution in [0.3, 0.4) is 0 Å². The number of halogens is 1. The number of hydrogen-bond acceptors (Lipinski definition) is 2. The fourth-order valence-corrected chi connectivity index (χ4v) is 3.10. The fourth-order valence-electron chi connectivity index (χ4n) is 2.92. The SMILES string of the molecule is Cc1c(Cl)cccc1NC(=O)CN[C@@H](C)c1cccc2ccccc12. The molecule has 0 aromatic heterocycles. The maximum absolute atomic E-state index is 12.3. The number of benzene rings is 3. The lowest BCUT2D eigenvalue weighted by molar-refractivity contribution is -0.115. The lowest BCUT2D eigenvalue weighted by Crippen LogP contribution is -2.30. The van der Waals surface area contributed by atoms with Crippen LogP contribution in [0.5, 0.6) is 0 Å². The standard InChI is InChI=1S/C21H21ClN2O/c1-14-19(22)11-6-12-20(14)24-21(25)13-23-15(2)17-10-5-8-16-7-3-4-9-18(16)17/h3-12,15,23H,13H2,1-2H3,(H,24,25)/t15-/m0/s1. The van der Waals surface area contributed by atoms with Gasteiger partial charge in [-0.15, -0.1) is 0 Å². The Labute approximate surface area is 153 Å². The molecule has 1 amide bonds. The number of fused-ring (bicyclic) bond motifs is 1. The molecule has 1 atom stereocenters. The number of carbonyl (C=O) groups excluding carboxylic acids is 1. The summed E-state index contributed by atoms with van der Waals surface area (Å²) in [6, 6.07) is 20.1. The molecule has 4 heteroatoms. The summed E-state index contributed by atoms with van der Waals surface area (Å²) in [6.07, 6.45) is 0. The predicted octanol–water partition coefficient (Wildman–Crippen LogP) is 5.09. The zero-order chi connectivity index (χ0) is 17.8. The third kappa shape index (κ3) is 4.01. The first-order chi connectivity index (χ1) is 12.1. The summed E-state index contributed by atoms with van der Waals surface area (Å²) >= 11 is 6.09. The first-order valence-corrected chi connectivity index (χ1v) is 8.70. The Morgan fingerprint density at radius 3 is 2.60 bits per heavy atom. The summed E-state index contributed by atoms with van der Waals surface area (Å²) in [6.45, 7) is 4.19. The zero-order valence-electron chi connectivity index (χ0n) is 14.3. The minimum Gasteiger partial charge on any atom is -0.325 e. The van der Waals surface area contributed by atoms with Gasteiger partial charge in [0.2, 0.25) is 5.91 Å². The molecule has 2 N–H and O–H groups in total. The van der Waals surface area contributed by atoms with E-state index in [0.29, 0.717) is 5.02 Å². The lowest BCUT2D eigenvalue weighted by Gasteiger charge is -2.17. The van der Waals surface area contributed by atoms with Crippen LogP contribution >= 0.6 is 11.6 Å². The number of rotatable bonds is 5. The van der Waals surface area contributed by atoms with Gasteiger partial charge in [-0.1, -0.05) is 60.1 Å². The largest absolute Gasteiger partial charge is 0.325 e. The molecule has 3 nitrogen and oxygen atoms in total. The van der Waals surface area contributed by atoms with Gasteiger partial charge in [-0.25, -0.2) is 0 Å². The van der Waals surface area contributed by atoms with Crippen LogP contribution in [0, 0.1) is 6.92 Å². The maximum atomic E-state index is 12.3. The molecule has 0 heterocycles. The highest BCUT2D eigenvalue weighted by atomic mass is 35.5. The Morgan fingerprint density at radius 1 is 1.04 bits per heavy atom. The van der Waals surface area contributed by atoms with Gasteiger partial charge in [0.25, 0.3) is 0 Å². The van der Waals surface area contributed by atoms with Crippen LogP contribution in [-0.2, 0) is 4.79 Å². The van der Waals surface area contributed by atoms with Crippen LogP contribution in [0.15, 0.2) is 60.7 Å². The van der Waals surface area contributed by atoms with Crippen LogP contribution in [0.4, 0.5) is 5.69 Å². The van der Waals surface area contributed by atoms with Gasteiger partial charge in [-0.3, -0.25) is 4.79 Å². The van der Waals surface area contributed by atoms with Gasteiger partial charge in [-0.05, 0) is 47.9 Å². The first kappa shape index (κ1) is 17.5. The molecule has 3 aromatic carbocycles. The molecular formula is C21H21ClN2O. The summed E-state index contributed by atoms with van der Waals surface area (Å²) < 4.78 is 0. The Kier molecular flexibility index (Phi) is 5.37. The maximum Gasteiger partial charge on any atom is 0.238 e. The molecule has 0 aliphatic heterocycles. The van der Waals surface area contributed by atoms with Crippen molar-refractivity contribution in [1.82, 2.24) is 5.32 Å². The molecule has 0 aliphatic rings. The Bertz CT molecular complexity index is 902. The van der Waals surface area contributed by atoms with Crippen molar-refractivity contribution in [1.29, 1.82) is 0 Å². The van der Waals surface area contributed by atoms with Crippen molar-refractivity contribution in [2.24, 2.45) is 0 Å². The van der Waals surface area contributed by atoms with E-state index in [1.165, 1.54) is 16.3 Å². The molecule has 0 saturated carbocycles. The Morgan fingerprint density at radius 2 is 1.76 bits per heavy atom. The van der Waals surface area contributed by atoms with Gasteiger partial charge >= 0.3 is 0 Å². The lowest BCUT2D eigenvalue weighted by atomic mass is 10.00. The van der Waals surface area contributed by atoms with Crippen molar-refractivity contribution in [2.45, 2.75) is 19.9 Å². The number of nitrogens with one attached hydrogen (secondary N) is 2. The van der Waals surface area contributed by atoms with E-state index >= 15 is 0 Å². The average molecular weight is 353 g/mol. The van der Waals surface area contributed by atoms with E-state index in [0.717, 1.165) is 11.3 Å². The van der Waals surface area contributed by atoms with Crippen LogP contribution in [0.2, 0.25) is 5.02 Å². The third-order valence-electron chi connectivity index (χ3n) is 4.40. The second kappa shape index (κ2) is 7.68. The number of anilines is 1. The van der Waals surface area contributed by atoms with Gasteiger partial charge in [0.1, 0.15) is 0 Å². The second-order valence-corrected chi connectivity index (χ2v) is 6.54. The van der Waals surface area contributed by atoms with Crippen LogP contribution in [0.1, 0.15) is 24.1 Å². The van der Waals surface area contributed by atoms with Gasteiger partial charge in [0, 0.05) is 16.8 Å². The van der Waals surface area contributed by atoms with E-state index in [4.69, 9.17) is 11.6 Å². The van der Waals surface area contributed by atoms with Crippen molar-refractivity contribution in [3.05, 3.63) is 76.8 Å². The van der Waals surface area contributed by atoms with Crippen molar-refractivity contribution < 1.29 is 4.79 Å². The molecule has 0 bridgehead atoms. The highest BCUT2D eigenvalue weighted by Crippen LogP contribution is 2.24. The topological polar surface area (TPSA) is 41.1 Å². The van der Waals surface area contributed by atoms with Gasteiger partial charge in [-0.2, -0.15) is 0 Å². The van der Waals surface area contributed by atoms with Crippen LogP contribution in [-0.4, -0.2) is 12.5 Å². The normalized spacial score (nSPS) is 12.1. The highest BCUT2D eigenvalue weighted by Gasteiger charge is 2.11. The molecule has 128 valence electrons. The summed E-state index contributed by atoms with van der Waals surface area (Å²) in [5, 5.41) is 9.26. The number of carbonyl (C=O) groups is 1. The summed E-state index contributed by atoms with van der Waals surface area (Å²) in [5.74, 6) is -0.0857.